The first-order valence-corrected chi connectivity index (χ1v) is 17.5. The van der Waals surface area contributed by atoms with Crippen molar-refractivity contribution in [2.45, 2.75) is 50.4 Å². The van der Waals surface area contributed by atoms with Crippen molar-refractivity contribution in [1.82, 2.24) is 39.4 Å². The predicted molar refractivity (Wildman–Crippen MR) is 187 cm³/mol. The van der Waals surface area contributed by atoms with E-state index in [9.17, 15) is 22.7 Å². The fourth-order valence-electron chi connectivity index (χ4n) is 8.26. The Labute approximate surface area is 297 Å². The fourth-order valence-corrected chi connectivity index (χ4v) is 8.93. The summed E-state index contributed by atoms with van der Waals surface area (Å²) >= 11 is 1.96. The van der Waals surface area contributed by atoms with E-state index in [1.54, 1.807) is 30.3 Å². The van der Waals surface area contributed by atoms with Crippen molar-refractivity contribution in [1.29, 1.82) is 0 Å². The van der Waals surface area contributed by atoms with Crippen LogP contribution in [-0.4, -0.2) is 102 Å². The van der Waals surface area contributed by atoms with Gasteiger partial charge in [-0.25, -0.2) is 4.39 Å². The van der Waals surface area contributed by atoms with Gasteiger partial charge >= 0.3 is 12.2 Å². The van der Waals surface area contributed by atoms with E-state index in [-0.39, 0.29) is 48.1 Å². The van der Waals surface area contributed by atoms with E-state index in [0.29, 0.717) is 74.9 Å². The Balaban J connectivity index is 1.36. The van der Waals surface area contributed by atoms with Crippen LogP contribution in [0.1, 0.15) is 37.3 Å². The van der Waals surface area contributed by atoms with Gasteiger partial charge in [0.05, 0.1) is 59.1 Å². The van der Waals surface area contributed by atoms with Gasteiger partial charge in [0.2, 0.25) is 0 Å². The summed E-state index contributed by atoms with van der Waals surface area (Å²) in [6, 6.07) is 1.51. The molecule has 12 nitrogen and oxygen atoms in total. The molecule has 5 aromatic rings. The molecule has 2 N–H and O–H groups in total. The number of anilines is 1. The Hall–Kier alpha value is -3.55. The number of aromatic amines is 1. The lowest BCUT2D eigenvalue weighted by Crippen LogP contribution is -2.44. The maximum atomic E-state index is 14.9. The molecule has 266 valence electrons. The van der Waals surface area contributed by atoms with Crippen LogP contribution in [0, 0.1) is 10.6 Å². The third kappa shape index (κ3) is 5.25. The van der Waals surface area contributed by atoms with Crippen LogP contribution < -0.4 is 9.64 Å². The van der Waals surface area contributed by atoms with Crippen molar-refractivity contribution in [3.8, 4) is 17.3 Å². The van der Waals surface area contributed by atoms with Crippen LogP contribution >= 0.6 is 22.6 Å². The number of nitrogens with one attached hydrogen (secondary N) is 1. The van der Waals surface area contributed by atoms with Gasteiger partial charge in [-0.1, -0.05) is 0 Å². The molecule has 4 aromatic heterocycles. The summed E-state index contributed by atoms with van der Waals surface area (Å²) in [6.45, 7) is 5.74. The van der Waals surface area contributed by atoms with Crippen molar-refractivity contribution in [2.24, 2.45) is 14.1 Å². The Morgan fingerprint density at radius 1 is 1.18 bits per heavy atom. The minimum Gasteiger partial charge on any atom is -0.461 e. The second-order valence-corrected chi connectivity index (χ2v) is 15.2. The molecule has 50 heavy (non-hydrogen) atoms. The third-order valence-electron chi connectivity index (χ3n) is 10.3. The molecule has 0 aliphatic carbocycles. The van der Waals surface area contributed by atoms with E-state index in [0.717, 1.165) is 25.0 Å². The molecule has 0 radical (unpaired) electrons. The molecule has 0 saturated carbocycles. The number of ether oxygens (including phenoxy) is 2. The average Bonchev–Trinajstić information content (AvgIpc) is 3.82. The second-order valence-electron chi connectivity index (χ2n) is 14.1. The zero-order valence-electron chi connectivity index (χ0n) is 28.0. The quantitative estimate of drug-likeness (QED) is 0.178. The number of aromatic nitrogens is 7. The van der Waals surface area contributed by atoms with Crippen LogP contribution in [0.25, 0.3) is 44.2 Å². The van der Waals surface area contributed by atoms with Crippen molar-refractivity contribution in [2.75, 3.05) is 50.9 Å². The summed E-state index contributed by atoms with van der Waals surface area (Å²) in [7, 11) is 3.43. The van der Waals surface area contributed by atoms with Crippen molar-refractivity contribution in [3.63, 3.8) is 0 Å². The molecule has 1 aromatic carbocycles. The normalized spacial score (nSPS) is 24.4. The minimum absolute atomic E-state index is 0.0291. The van der Waals surface area contributed by atoms with E-state index in [1.807, 2.05) is 27.5 Å². The molecule has 3 aliphatic heterocycles. The number of hydrogen-bond donors (Lipinski definition) is 2. The summed E-state index contributed by atoms with van der Waals surface area (Å²) in [6.07, 6.45) is -1.64. The Kier molecular flexibility index (Phi) is 7.89. The molecule has 8 rings (SSSR count). The average molecular weight is 810 g/mol. The van der Waals surface area contributed by atoms with Crippen LogP contribution in [0.15, 0.2) is 18.0 Å². The van der Waals surface area contributed by atoms with Gasteiger partial charge in [0, 0.05) is 38.1 Å². The first-order valence-electron chi connectivity index (χ1n) is 16.4. The summed E-state index contributed by atoms with van der Waals surface area (Å²) in [5.74, 6) is 0.441. The molecule has 3 aliphatic rings. The molecule has 3 fully saturated rings. The van der Waals surface area contributed by atoms with Crippen molar-refractivity contribution in [3.05, 3.63) is 32.8 Å². The molecular weight excluding hydrogens is 773 g/mol. The maximum Gasteiger partial charge on any atom is 0.417 e. The topological polar surface area (TPSA) is 122 Å². The van der Waals surface area contributed by atoms with E-state index in [4.69, 9.17) is 24.5 Å². The molecule has 2 atom stereocenters. The zero-order valence-corrected chi connectivity index (χ0v) is 30.1. The van der Waals surface area contributed by atoms with Crippen LogP contribution in [0.4, 0.5) is 23.4 Å². The lowest BCUT2D eigenvalue weighted by atomic mass is 9.94. The van der Waals surface area contributed by atoms with Gasteiger partial charge in [-0.05, 0) is 79.4 Å². The molecule has 0 unspecified atom stereocenters. The number of hydrogen-bond acceptors (Lipinski definition) is 9. The first kappa shape index (κ1) is 33.6. The summed E-state index contributed by atoms with van der Waals surface area (Å²) in [5, 5.41) is 23.9. The molecule has 0 bridgehead atoms. The number of fused-ring (bicyclic) bond motifs is 5. The van der Waals surface area contributed by atoms with Crippen molar-refractivity contribution < 1.29 is 32.1 Å². The highest BCUT2D eigenvalue weighted by molar-refractivity contribution is 14.1. The Bertz CT molecular complexity index is 2210. The Morgan fingerprint density at radius 2 is 1.98 bits per heavy atom. The smallest absolute Gasteiger partial charge is 0.417 e. The summed E-state index contributed by atoms with van der Waals surface area (Å²) < 4.78 is 74.2. The highest BCUT2D eigenvalue weighted by Crippen LogP contribution is 2.48. The number of rotatable bonds is 5. The number of benzene rings is 1. The van der Waals surface area contributed by atoms with Crippen LogP contribution in [0.3, 0.4) is 0 Å². The van der Waals surface area contributed by atoms with Gasteiger partial charge in [-0.3, -0.25) is 14.7 Å². The number of nitrogens with zero attached hydrogens (tertiary/aromatic N) is 8. The Morgan fingerprint density at radius 3 is 2.74 bits per heavy atom. The number of H-pyrrole nitrogens is 1. The molecule has 17 heteroatoms. The van der Waals surface area contributed by atoms with E-state index in [2.05, 4.69) is 15.1 Å². The van der Waals surface area contributed by atoms with Gasteiger partial charge in [-0.15, -0.1) is 0 Å². The molecule has 0 spiro atoms. The van der Waals surface area contributed by atoms with E-state index < -0.39 is 17.3 Å². The molecule has 0 amide bonds. The highest BCUT2D eigenvalue weighted by Gasteiger charge is 2.47. The number of aliphatic hydroxyl groups is 1. The maximum absolute atomic E-state index is 14.9. The van der Waals surface area contributed by atoms with Gasteiger partial charge in [0.15, 0.2) is 5.65 Å². The third-order valence-corrected chi connectivity index (χ3v) is 11.1. The van der Waals surface area contributed by atoms with E-state index in [1.165, 1.54) is 13.0 Å². The molecular formula is C33H36F4IN9O3. The van der Waals surface area contributed by atoms with Crippen LogP contribution in [-0.2, 0) is 25.0 Å². The van der Waals surface area contributed by atoms with Gasteiger partial charge in [0.1, 0.15) is 27.4 Å². The van der Waals surface area contributed by atoms with Crippen LogP contribution in [0.5, 0.6) is 6.01 Å². The van der Waals surface area contributed by atoms with Gasteiger partial charge in [0.25, 0.3) is 0 Å². The number of alkyl halides is 3. The highest BCUT2D eigenvalue weighted by atomic mass is 127. The lowest BCUT2D eigenvalue weighted by Gasteiger charge is -2.31. The SMILES string of the molecule is Cc1cc2n[nH]c(I)c2c(-c2nn(C)c3c4c(N5CCOC[C@@](C)(O)C5)nc(OC[C@@]56CCCN5C/C(=C\F)C6)nc4n(C)c23)c1C(F)(F)F. The zero-order chi connectivity index (χ0) is 35.3. The monoisotopic (exact) mass is 809 g/mol. The van der Waals surface area contributed by atoms with Crippen molar-refractivity contribution >= 4 is 61.4 Å². The van der Waals surface area contributed by atoms with Gasteiger partial charge < -0.3 is 24.0 Å². The summed E-state index contributed by atoms with van der Waals surface area (Å²) in [4.78, 5) is 13.9. The lowest BCUT2D eigenvalue weighted by molar-refractivity contribution is -0.137. The number of aryl methyl sites for hydroxylation is 3. The predicted octanol–water partition coefficient (Wildman–Crippen LogP) is 5.39. The van der Waals surface area contributed by atoms with Crippen LogP contribution in [0.2, 0.25) is 0 Å². The van der Waals surface area contributed by atoms with Gasteiger partial charge in [-0.2, -0.15) is 33.3 Å². The minimum atomic E-state index is -4.68. The molecule has 7 heterocycles. The second kappa shape index (κ2) is 11.7. The first-order chi connectivity index (χ1) is 23.7. The fraction of sp³-hybridized carbons (Fsp3) is 0.515. The summed E-state index contributed by atoms with van der Waals surface area (Å²) in [5.41, 5.74) is 0.206. The standard InChI is InChI=1S/C33H36F4IN9O3/c1-17-10-19-20(27(38)42-41-19)21(23(17)33(35,36)37)24-26-25(45(4)43-24)22-28(44(26)3)39-30(40-29(22)46-8-9-49-15-31(2,48)14-46)50-16-32-6-5-7-47(32)13-18(11-32)12-34/h10,12,48H,5-9,11,13-16H2,1-4H3,(H,41,42)/b18-12-/t31-,32-/m0/s1. The van der Waals surface area contributed by atoms with E-state index >= 15 is 0 Å². The largest absolute Gasteiger partial charge is 0.461 e. The number of β-amino-alcohol motifs (C(OH)–C–C–N with tert-alkyl or cyclic N) is 1. The molecule has 3 saturated heterocycles. The number of halogens is 5.